The number of fused-ring (bicyclic) bond motifs is 1. The minimum absolute atomic E-state index is 0.733. The van der Waals surface area contributed by atoms with Gasteiger partial charge in [-0.15, -0.1) is 5.11 Å². The van der Waals surface area contributed by atoms with E-state index in [2.05, 4.69) is 34.6 Å². The Morgan fingerprint density at radius 1 is 0.944 bits per heavy atom. The number of benzene rings is 2. The van der Waals surface area contributed by atoms with Crippen molar-refractivity contribution in [3.05, 3.63) is 42.5 Å². The maximum atomic E-state index is 5.27. The first-order chi connectivity index (χ1) is 8.92. The van der Waals surface area contributed by atoms with Crippen LogP contribution in [0.4, 0.5) is 5.69 Å². The predicted molar refractivity (Wildman–Crippen MR) is 70.9 cm³/mol. The van der Waals surface area contributed by atoms with Gasteiger partial charge in [0.25, 0.3) is 0 Å². The average molecular weight is 241 g/mol. The van der Waals surface area contributed by atoms with Gasteiger partial charge in [-0.3, -0.25) is 5.01 Å². The van der Waals surface area contributed by atoms with Crippen LogP contribution >= 0.6 is 0 Å². The molecule has 0 amide bonds. The van der Waals surface area contributed by atoms with Crippen molar-refractivity contribution in [1.29, 1.82) is 0 Å². The van der Waals surface area contributed by atoms with Crippen molar-refractivity contribution in [3.63, 3.8) is 0 Å². The highest BCUT2D eigenvalue weighted by atomic mass is 16.5. The summed E-state index contributed by atoms with van der Waals surface area (Å²) in [5.41, 5.74) is 0.889. The third-order valence-electron chi connectivity index (χ3n) is 3.01. The van der Waals surface area contributed by atoms with E-state index in [1.165, 1.54) is 10.8 Å². The fraction of sp³-hybridized carbons (Fsp3) is 0.286. The summed E-state index contributed by atoms with van der Waals surface area (Å²) in [4.78, 5) is 0. The first kappa shape index (κ1) is 11.2. The van der Waals surface area contributed by atoms with Crippen LogP contribution in [0.15, 0.2) is 52.8 Å². The fourth-order valence-corrected chi connectivity index (χ4v) is 2.00. The Bertz CT molecular complexity index is 562. The zero-order chi connectivity index (χ0) is 12.2. The van der Waals surface area contributed by atoms with Crippen LogP contribution in [0.25, 0.3) is 10.8 Å². The van der Waals surface area contributed by atoms with Crippen LogP contribution in [-0.2, 0) is 4.74 Å². The SMILES string of the molecule is c1ccc2cc(N=NN3CCOCC3)ccc2c1. The highest BCUT2D eigenvalue weighted by Gasteiger charge is 2.07. The average Bonchev–Trinajstić information content (AvgIpc) is 2.46. The van der Waals surface area contributed by atoms with Crippen LogP contribution in [0.2, 0.25) is 0 Å². The Labute approximate surface area is 106 Å². The highest BCUT2D eigenvalue weighted by molar-refractivity contribution is 5.84. The van der Waals surface area contributed by atoms with E-state index in [4.69, 9.17) is 4.74 Å². The summed E-state index contributed by atoms with van der Waals surface area (Å²) < 4.78 is 5.27. The lowest BCUT2D eigenvalue weighted by Crippen LogP contribution is -2.31. The smallest absolute Gasteiger partial charge is 0.0880 e. The molecule has 0 saturated carbocycles. The monoisotopic (exact) mass is 241 g/mol. The Hall–Kier alpha value is -1.94. The third-order valence-corrected chi connectivity index (χ3v) is 3.01. The van der Waals surface area contributed by atoms with Crippen molar-refractivity contribution in [2.75, 3.05) is 26.3 Å². The zero-order valence-corrected chi connectivity index (χ0v) is 10.1. The molecule has 4 nitrogen and oxygen atoms in total. The fourth-order valence-electron chi connectivity index (χ4n) is 2.00. The summed E-state index contributed by atoms with van der Waals surface area (Å²) in [6.07, 6.45) is 0. The van der Waals surface area contributed by atoms with E-state index < -0.39 is 0 Å². The molecule has 1 saturated heterocycles. The van der Waals surface area contributed by atoms with E-state index in [1.807, 2.05) is 23.2 Å². The normalized spacial score (nSPS) is 16.6. The van der Waals surface area contributed by atoms with Gasteiger partial charge in [-0.2, -0.15) is 0 Å². The topological polar surface area (TPSA) is 37.2 Å². The number of nitrogens with zero attached hydrogens (tertiary/aromatic N) is 3. The van der Waals surface area contributed by atoms with Gasteiger partial charge in [0.1, 0.15) is 0 Å². The van der Waals surface area contributed by atoms with Crippen LogP contribution in [-0.4, -0.2) is 31.3 Å². The molecule has 0 unspecified atom stereocenters. The van der Waals surface area contributed by atoms with Gasteiger partial charge >= 0.3 is 0 Å². The van der Waals surface area contributed by atoms with Crippen molar-refractivity contribution >= 4 is 16.5 Å². The van der Waals surface area contributed by atoms with Crippen LogP contribution in [0, 0.1) is 0 Å². The summed E-state index contributed by atoms with van der Waals surface area (Å²) in [6, 6.07) is 14.4. The van der Waals surface area contributed by atoms with Gasteiger partial charge < -0.3 is 4.74 Å². The van der Waals surface area contributed by atoms with Crippen molar-refractivity contribution in [1.82, 2.24) is 5.01 Å². The quantitative estimate of drug-likeness (QED) is 0.757. The molecule has 2 aromatic carbocycles. The van der Waals surface area contributed by atoms with Crippen LogP contribution in [0.5, 0.6) is 0 Å². The van der Waals surface area contributed by atoms with Crippen molar-refractivity contribution < 1.29 is 4.74 Å². The number of hydrogen-bond donors (Lipinski definition) is 0. The van der Waals surface area contributed by atoms with Crippen molar-refractivity contribution in [2.45, 2.75) is 0 Å². The molecular formula is C14H15N3O. The number of hydrogen-bond acceptors (Lipinski definition) is 3. The lowest BCUT2D eigenvalue weighted by molar-refractivity contribution is 0.0354. The van der Waals surface area contributed by atoms with Gasteiger partial charge in [-0.1, -0.05) is 35.6 Å². The summed E-state index contributed by atoms with van der Waals surface area (Å²) in [7, 11) is 0. The van der Waals surface area contributed by atoms with E-state index in [9.17, 15) is 0 Å². The minimum Gasteiger partial charge on any atom is -0.378 e. The highest BCUT2D eigenvalue weighted by Crippen LogP contribution is 2.21. The van der Waals surface area contributed by atoms with Gasteiger partial charge in [0, 0.05) is 0 Å². The molecule has 0 atom stereocenters. The van der Waals surface area contributed by atoms with E-state index in [-0.39, 0.29) is 0 Å². The van der Waals surface area contributed by atoms with E-state index in [0.29, 0.717) is 0 Å². The second-order valence-electron chi connectivity index (χ2n) is 4.29. The molecule has 1 aliphatic rings. The molecule has 0 aliphatic carbocycles. The van der Waals surface area contributed by atoms with Crippen LogP contribution in [0.1, 0.15) is 0 Å². The van der Waals surface area contributed by atoms with Crippen molar-refractivity contribution in [3.8, 4) is 0 Å². The Balaban J connectivity index is 1.79. The largest absolute Gasteiger partial charge is 0.378 e. The maximum absolute atomic E-state index is 5.27. The van der Waals surface area contributed by atoms with Gasteiger partial charge in [0.05, 0.1) is 32.0 Å². The number of rotatable bonds is 2. The summed E-state index contributed by atoms with van der Waals surface area (Å²) in [6.45, 7) is 3.10. The molecule has 0 spiro atoms. The number of morpholine rings is 1. The molecule has 0 N–H and O–H groups in total. The van der Waals surface area contributed by atoms with E-state index in [1.54, 1.807) is 0 Å². The van der Waals surface area contributed by atoms with Gasteiger partial charge in [0.15, 0.2) is 0 Å². The van der Waals surface area contributed by atoms with E-state index in [0.717, 1.165) is 32.0 Å². The molecule has 1 aliphatic heterocycles. The Morgan fingerprint density at radius 2 is 1.72 bits per heavy atom. The molecule has 4 heteroatoms. The van der Waals surface area contributed by atoms with Crippen LogP contribution in [0.3, 0.4) is 0 Å². The molecular weight excluding hydrogens is 226 g/mol. The first-order valence-electron chi connectivity index (χ1n) is 6.15. The van der Waals surface area contributed by atoms with Gasteiger partial charge in [0.2, 0.25) is 0 Å². The molecule has 3 rings (SSSR count). The van der Waals surface area contributed by atoms with Crippen LogP contribution < -0.4 is 0 Å². The summed E-state index contributed by atoms with van der Waals surface area (Å²) >= 11 is 0. The molecule has 92 valence electrons. The molecule has 0 bridgehead atoms. The summed E-state index contributed by atoms with van der Waals surface area (Å²) in [5.74, 6) is 0. The summed E-state index contributed by atoms with van der Waals surface area (Å²) in [5, 5.41) is 12.9. The van der Waals surface area contributed by atoms with Gasteiger partial charge in [-0.25, -0.2) is 0 Å². The van der Waals surface area contributed by atoms with Gasteiger partial charge in [-0.05, 0) is 22.9 Å². The molecule has 2 aromatic rings. The Morgan fingerprint density at radius 3 is 2.56 bits per heavy atom. The first-order valence-corrected chi connectivity index (χ1v) is 6.15. The number of ether oxygens (including phenoxy) is 1. The van der Waals surface area contributed by atoms with Crippen molar-refractivity contribution in [2.24, 2.45) is 10.3 Å². The molecule has 1 fully saturated rings. The molecule has 0 radical (unpaired) electrons. The zero-order valence-electron chi connectivity index (χ0n) is 10.1. The maximum Gasteiger partial charge on any atom is 0.0880 e. The molecule has 1 heterocycles. The lowest BCUT2D eigenvalue weighted by Gasteiger charge is -2.22. The predicted octanol–water partition coefficient (Wildman–Crippen LogP) is 3.17. The standard InChI is InChI=1S/C14H15N3O/c1-2-4-13-11-14(6-5-12(13)3-1)15-16-17-7-9-18-10-8-17/h1-6,11H,7-10H2. The lowest BCUT2D eigenvalue weighted by atomic mass is 10.1. The van der Waals surface area contributed by atoms with E-state index >= 15 is 0 Å². The second kappa shape index (κ2) is 5.14. The second-order valence-corrected chi connectivity index (χ2v) is 4.29. The minimum atomic E-state index is 0.733. The Kier molecular flexibility index (Phi) is 3.19. The molecule has 0 aromatic heterocycles. The third kappa shape index (κ3) is 2.49. The molecule has 18 heavy (non-hydrogen) atoms.